The molecule has 2 atom stereocenters. The zero-order chi connectivity index (χ0) is 23.6. The first kappa shape index (κ1) is 26.0. The molecule has 0 saturated carbocycles. The predicted molar refractivity (Wildman–Crippen MR) is 118 cm³/mol. The summed E-state index contributed by atoms with van der Waals surface area (Å²) in [7, 11) is 1.37. The van der Waals surface area contributed by atoms with Crippen molar-refractivity contribution in [3.05, 3.63) is 47.2 Å². The first-order valence-electron chi connectivity index (χ1n) is 9.74. The van der Waals surface area contributed by atoms with Gasteiger partial charge in [0.15, 0.2) is 17.2 Å². The Hall–Kier alpha value is -3.00. The van der Waals surface area contributed by atoms with Crippen LogP contribution >= 0.6 is 11.6 Å². The lowest BCUT2D eigenvalue weighted by Gasteiger charge is -2.28. The lowest BCUT2D eigenvalue weighted by Crippen LogP contribution is -2.37. The largest absolute Gasteiger partial charge is 0.503 e. The highest BCUT2D eigenvalue weighted by Crippen LogP contribution is 2.27. The Morgan fingerprint density at radius 3 is 2.42 bits per heavy atom. The molecule has 0 saturated heterocycles. The van der Waals surface area contributed by atoms with Crippen LogP contribution in [0.2, 0.25) is 5.02 Å². The van der Waals surface area contributed by atoms with Gasteiger partial charge in [-0.05, 0) is 31.0 Å². The van der Waals surface area contributed by atoms with Gasteiger partial charge in [0.2, 0.25) is 0 Å². The fourth-order valence-electron chi connectivity index (χ4n) is 2.61. The standard InChI is InChI=1S/C15H21ClO3.C7H8N2O3/c1-5-14(17)18-11(4)15(10(2)3)19-13-8-6-7-12(16)9-13;1-12-4-2-3-9-5(6(4)10)7(8)11/h6-11,15H,5H2,1-4H3;2-3,10H,1H3,(H2,8,11). The summed E-state index contributed by atoms with van der Waals surface area (Å²) in [6, 6.07) is 8.65. The Balaban J connectivity index is 0.000000343. The fraction of sp³-hybridized carbons (Fsp3) is 0.409. The van der Waals surface area contributed by atoms with E-state index in [2.05, 4.69) is 4.98 Å². The highest BCUT2D eigenvalue weighted by Gasteiger charge is 2.25. The molecule has 3 N–H and O–H groups in total. The summed E-state index contributed by atoms with van der Waals surface area (Å²) in [6.07, 6.45) is 1.20. The van der Waals surface area contributed by atoms with Crippen molar-refractivity contribution < 1.29 is 28.9 Å². The molecule has 8 nitrogen and oxygen atoms in total. The molecule has 170 valence electrons. The number of nitrogens with zero attached hydrogens (tertiary/aromatic N) is 1. The molecule has 2 unspecified atom stereocenters. The molecule has 0 radical (unpaired) electrons. The van der Waals surface area contributed by atoms with E-state index in [-0.39, 0.29) is 41.3 Å². The predicted octanol–water partition coefficient (Wildman–Crippen LogP) is 3.98. The van der Waals surface area contributed by atoms with Crippen LogP contribution in [0.5, 0.6) is 17.2 Å². The highest BCUT2D eigenvalue weighted by molar-refractivity contribution is 6.30. The van der Waals surface area contributed by atoms with Gasteiger partial charge in [-0.3, -0.25) is 9.59 Å². The Labute approximate surface area is 187 Å². The molecule has 2 rings (SSSR count). The number of hydrogen-bond acceptors (Lipinski definition) is 7. The van der Waals surface area contributed by atoms with Gasteiger partial charge in [-0.2, -0.15) is 0 Å². The molecule has 0 aliphatic rings. The first-order chi connectivity index (χ1) is 14.6. The van der Waals surface area contributed by atoms with E-state index in [1.807, 2.05) is 32.9 Å². The summed E-state index contributed by atoms with van der Waals surface area (Å²) in [6.45, 7) is 7.69. The molecule has 1 heterocycles. The van der Waals surface area contributed by atoms with Crippen LogP contribution in [0.4, 0.5) is 0 Å². The maximum atomic E-state index is 11.4. The van der Waals surface area contributed by atoms with Crippen LogP contribution in [0.1, 0.15) is 44.6 Å². The number of benzene rings is 1. The highest BCUT2D eigenvalue weighted by atomic mass is 35.5. The number of ether oxygens (including phenoxy) is 3. The van der Waals surface area contributed by atoms with Crippen LogP contribution in [0.25, 0.3) is 0 Å². The third-order valence-electron chi connectivity index (χ3n) is 4.13. The molecule has 0 aliphatic heterocycles. The lowest BCUT2D eigenvalue weighted by molar-refractivity contribution is -0.153. The van der Waals surface area contributed by atoms with Gasteiger partial charge in [0.1, 0.15) is 18.0 Å². The van der Waals surface area contributed by atoms with Crippen LogP contribution in [0, 0.1) is 5.92 Å². The first-order valence-corrected chi connectivity index (χ1v) is 10.1. The monoisotopic (exact) mass is 452 g/mol. The van der Waals surface area contributed by atoms with Crippen molar-refractivity contribution >= 4 is 23.5 Å². The van der Waals surface area contributed by atoms with E-state index in [1.165, 1.54) is 19.4 Å². The van der Waals surface area contributed by atoms with Gasteiger partial charge in [-0.1, -0.05) is 38.4 Å². The van der Waals surface area contributed by atoms with Gasteiger partial charge in [0.05, 0.1) is 7.11 Å². The third kappa shape index (κ3) is 8.33. The Morgan fingerprint density at radius 1 is 1.23 bits per heavy atom. The normalized spacial score (nSPS) is 12.2. The molecule has 0 spiro atoms. The smallest absolute Gasteiger partial charge is 0.305 e. The molecule has 0 bridgehead atoms. The summed E-state index contributed by atoms with van der Waals surface area (Å²) in [4.78, 5) is 25.6. The van der Waals surface area contributed by atoms with Crippen LogP contribution in [0.15, 0.2) is 36.5 Å². The van der Waals surface area contributed by atoms with Crippen molar-refractivity contribution in [3.63, 3.8) is 0 Å². The third-order valence-corrected chi connectivity index (χ3v) is 4.37. The van der Waals surface area contributed by atoms with Crippen LogP contribution in [-0.2, 0) is 9.53 Å². The summed E-state index contributed by atoms with van der Waals surface area (Å²) in [5, 5.41) is 9.89. The molecule has 1 aromatic heterocycles. The van der Waals surface area contributed by atoms with Gasteiger partial charge in [0, 0.05) is 23.7 Å². The fourth-order valence-corrected chi connectivity index (χ4v) is 2.79. The van der Waals surface area contributed by atoms with Gasteiger partial charge in [-0.25, -0.2) is 4.98 Å². The second-order valence-electron chi connectivity index (χ2n) is 6.91. The average molecular weight is 453 g/mol. The lowest BCUT2D eigenvalue weighted by atomic mass is 10.0. The summed E-state index contributed by atoms with van der Waals surface area (Å²) in [5.74, 6) is -0.241. The second kappa shape index (κ2) is 12.6. The van der Waals surface area contributed by atoms with Gasteiger partial charge >= 0.3 is 5.97 Å². The van der Waals surface area contributed by atoms with Crippen molar-refractivity contribution in [2.45, 2.75) is 46.3 Å². The Bertz CT molecular complexity index is 875. The topological polar surface area (TPSA) is 121 Å². The van der Waals surface area contributed by atoms with E-state index < -0.39 is 5.91 Å². The number of esters is 1. The minimum atomic E-state index is -0.786. The van der Waals surface area contributed by atoms with Crippen molar-refractivity contribution in [2.24, 2.45) is 11.7 Å². The molecule has 31 heavy (non-hydrogen) atoms. The van der Waals surface area contributed by atoms with Crippen molar-refractivity contribution in [1.29, 1.82) is 0 Å². The molecule has 0 aliphatic carbocycles. The average Bonchev–Trinajstić information content (AvgIpc) is 2.72. The molecule has 0 fully saturated rings. The van der Waals surface area contributed by atoms with Crippen LogP contribution < -0.4 is 15.2 Å². The number of nitrogens with two attached hydrogens (primary N) is 1. The zero-order valence-electron chi connectivity index (χ0n) is 18.3. The zero-order valence-corrected chi connectivity index (χ0v) is 19.1. The molecule has 9 heteroatoms. The van der Waals surface area contributed by atoms with E-state index >= 15 is 0 Å². The van der Waals surface area contributed by atoms with Crippen LogP contribution in [0.3, 0.4) is 0 Å². The Morgan fingerprint density at radius 2 is 1.90 bits per heavy atom. The number of methoxy groups -OCH3 is 1. The number of halogens is 1. The van der Waals surface area contributed by atoms with E-state index in [4.69, 9.17) is 31.5 Å². The number of carbonyl (C=O) groups is 2. The molecule has 1 aromatic carbocycles. The summed E-state index contributed by atoms with van der Waals surface area (Å²) < 4.78 is 16.0. The summed E-state index contributed by atoms with van der Waals surface area (Å²) >= 11 is 5.93. The van der Waals surface area contributed by atoms with Crippen LogP contribution in [-0.4, -0.2) is 41.3 Å². The van der Waals surface area contributed by atoms with E-state index in [0.717, 1.165) is 0 Å². The number of aromatic hydroxyl groups is 1. The molecule has 1 amide bonds. The SMILES string of the molecule is CCC(=O)OC(C)C(Oc1cccc(Cl)c1)C(C)C.COc1ccnc(C(N)=O)c1O. The van der Waals surface area contributed by atoms with Crippen molar-refractivity contribution in [1.82, 2.24) is 4.98 Å². The maximum absolute atomic E-state index is 11.4. The quantitative estimate of drug-likeness (QED) is 0.581. The maximum Gasteiger partial charge on any atom is 0.305 e. The number of rotatable bonds is 8. The second-order valence-corrected chi connectivity index (χ2v) is 7.34. The molecular weight excluding hydrogens is 424 g/mol. The Kier molecular flexibility index (Phi) is 10.6. The number of carbonyl (C=O) groups excluding carboxylic acids is 2. The van der Waals surface area contributed by atoms with E-state index in [0.29, 0.717) is 17.2 Å². The number of amides is 1. The minimum absolute atomic E-state index is 0.179. The van der Waals surface area contributed by atoms with E-state index in [1.54, 1.807) is 19.1 Å². The minimum Gasteiger partial charge on any atom is -0.503 e. The molecule has 2 aromatic rings. The number of hydrogen-bond donors (Lipinski definition) is 2. The number of aromatic nitrogens is 1. The van der Waals surface area contributed by atoms with Crippen molar-refractivity contribution in [3.8, 4) is 17.2 Å². The number of primary amides is 1. The van der Waals surface area contributed by atoms with Gasteiger partial charge in [0.25, 0.3) is 5.91 Å². The van der Waals surface area contributed by atoms with E-state index in [9.17, 15) is 14.7 Å². The van der Waals surface area contributed by atoms with Gasteiger partial charge < -0.3 is 25.1 Å². The summed E-state index contributed by atoms with van der Waals surface area (Å²) in [5.41, 5.74) is 4.74. The molecular formula is C22H29ClN2O6. The van der Waals surface area contributed by atoms with Gasteiger partial charge in [-0.15, -0.1) is 0 Å². The van der Waals surface area contributed by atoms with Crippen molar-refractivity contribution in [2.75, 3.05) is 7.11 Å². The number of pyridine rings is 1.